The number of fused-ring (bicyclic) bond motifs is 1. The van der Waals surface area contributed by atoms with Gasteiger partial charge in [0.15, 0.2) is 5.82 Å². The Hall–Kier alpha value is -3.83. The number of likely N-dealkylation sites (tertiary alicyclic amines) is 1. The van der Waals surface area contributed by atoms with Crippen molar-refractivity contribution in [2.24, 2.45) is 0 Å². The van der Waals surface area contributed by atoms with E-state index in [-0.39, 0.29) is 17.7 Å². The van der Waals surface area contributed by atoms with Crippen molar-refractivity contribution in [1.29, 1.82) is 0 Å². The second-order valence-corrected chi connectivity index (χ2v) is 10.7. The van der Waals surface area contributed by atoms with Crippen molar-refractivity contribution in [3.05, 3.63) is 83.1 Å². The summed E-state index contributed by atoms with van der Waals surface area (Å²) in [6.07, 6.45) is 6.72. The average molecular weight is 546 g/mol. The van der Waals surface area contributed by atoms with Crippen LogP contribution in [0.2, 0.25) is 0 Å². The van der Waals surface area contributed by atoms with E-state index in [0.29, 0.717) is 35.9 Å². The van der Waals surface area contributed by atoms with E-state index in [9.17, 15) is 9.59 Å². The molecule has 0 bridgehead atoms. The van der Waals surface area contributed by atoms with Crippen molar-refractivity contribution >= 4 is 51.8 Å². The van der Waals surface area contributed by atoms with Crippen molar-refractivity contribution < 1.29 is 9.59 Å². The largest absolute Gasteiger partial charge is 0.339 e. The number of carbonyl (C=O) groups is 2. The Morgan fingerprint density at radius 2 is 1.95 bits per heavy atom. The molecule has 4 heterocycles. The zero-order valence-corrected chi connectivity index (χ0v) is 22.5. The first-order valence-electron chi connectivity index (χ1n) is 12.2. The average Bonchev–Trinajstić information content (AvgIpc) is 3.46. The SMILES string of the molecule is C=CCSc1ncccc1C(=O)N1CCC(c2nc(C(=O)NN(C)c3cnc4ccccc4n3)cs2)CC1. The molecule has 1 aliphatic rings. The van der Waals surface area contributed by atoms with Crippen molar-refractivity contribution in [1.82, 2.24) is 30.3 Å². The number of thiazole rings is 1. The van der Waals surface area contributed by atoms with Crippen LogP contribution < -0.4 is 10.4 Å². The third kappa shape index (κ3) is 5.68. The molecular formula is C27H27N7O2S2. The van der Waals surface area contributed by atoms with Gasteiger partial charge < -0.3 is 4.90 Å². The number of para-hydroxylation sites is 2. The minimum atomic E-state index is -0.307. The number of hydrogen-bond donors (Lipinski definition) is 1. The van der Waals surface area contributed by atoms with E-state index in [2.05, 4.69) is 31.9 Å². The maximum Gasteiger partial charge on any atom is 0.289 e. The molecule has 0 aliphatic carbocycles. The molecule has 2 amide bonds. The van der Waals surface area contributed by atoms with Gasteiger partial charge in [-0.25, -0.2) is 15.0 Å². The molecule has 194 valence electrons. The molecule has 1 saturated heterocycles. The number of hydrazine groups is 1. The fourth-order valence-electron chi connectivity index (χ4n) is 4.26. The molecule has 1 fully saturated rings. The second kappa shape index (κ2) is 11.7. The van der Waals surface area contributed by atoms with E-state index in [1.54, 1.807) is 42.0 Å². The summed E-state index contributed by atoms with van der Waals surface area (Å²) in [5, 5.41) is 4.97. The molecule has 38 heavy (non-hydrogen) atoms. The first-order valence-corrected chi connectivity index (χ1v) is 14.1. The fourth-order valence-corrected chi connectivity index (χ4v) is 5.95. The van der Waals surface area contributed by atoms with Gasteiger partial charge in [0.25, 0.3) is 11.8 Å². The van der Waals surface area contributed by atoms with Crippen molar-refractivity contribution in [2.45, 2.75) is 23.8 Å². The maximum absolute atomic E-state index is 13.2. The monoisotopic (exact) mass is 545 g/mol. The lowest BCUT2D eigenvalue weighted by Crippen LogP contribution is -2.40. The maximum atomic E-state index is 13.2. The number of nitrogens with zero attached hydrogens (tertiary/aromatic N) is 6. The number of hydrogen-bond acceptors (Lipinski definition) is 9. The Bertz CT molecular complexity index is 1470. The number of aromatic nitrogens is 4. The van der Waals surface area contributed by atoms with E-state index >= 15 is 0 Å². The number of thioether (sulfide) groups is 1. The lowest BCUT2D eigenvalue weighted by Gasteiger charge is -2.31. The lowest BCUT2D eigenvalue weighted by atomic mass is 9.97. The van der Waals surface area contributed by atoms with Gasteiger partial charge in [0.05, 0.1) is 27.8 Å². The molecule has 9 nitrogen and oxygen atoms in total. The van der Waals surface area contributed by atoms with Gasteiger partial charge in [0, 0.05) is 43.4 Å². The van der Waals surface area contributed by atoms with Gasteiger partial charge in [0.2, 0.25) is 0 Å². The Labute approximate surface area is 229 Å². The number of benzene rings is 1. The van der Waals surface area contributed by atoms with Crippen LogP contribution in [0.25, 0.3) is 11.0 Å². The van der Waals surface area contributed by atoms with Gasteiger partial charge in [-0.2, -0.15) is 0 Å². The smallest absolute Gasteiger partial charge is 0.289 e. The van der Waals surface area contributed by atoms with Gasteiger partial charge >= 0.3 is 0 Å². The molecule has 1 aliphatic heterocycles. The zero-order valence-electron chi connectivity index (χ0n) is 20.9. The first-order chi connectivity index (χ1) is 18.5. The highest BCUT2D eigenvalue weighted by atomic mass is 32.2. The Morgan fingerprint density at radius 3 is 2.74 bits per heavy atom. The van der Waals surface area contributed by atoms with Gasteiger partial charge in [-0.05, 0) is 37.1 Å². The third-order valence-corrected chi connectivity index (χ3v) is 8.28. The molecule has 0 saturated carbocycles. The number of amides is 2. The van der Waals surface area contributed by atoms with Crippen molar-refractivity contribution in [3.8, 4) is 0 Å². The van der Waals surface area contributed by atoms with Crippen molar-refractivity contribution in [2.75, 3.05) is 30.9 Å². The van der Waals surface area contributed by atoms with Crippen LogP contribution in [0.15, 0.2) is 71.9 Å². The minimum Gasteiger partial charge on any atom is -0.339 e. The van der Waals surface area contributed by atoms with Gasteiger partial charge in [-0.3, -0.25) is 25.0 Å². The highest BCUT2D eigenvalue weighted by Gasteiger charge is 2.28. The van der Waals surface area contributed by atoms with Crippen LogP contribution in [-0.2, 0) is 0 Å². The lowest BCUT2D eigenvalue weighted by molar-refractivity contribution is 0.0708. The molecule has 0 unspecified atom stereocenters. The topological polar surface area (TPSA) is 104 Å². The Balaban J connectivity index is 1.18. The highest BCUT2D eigenvalue weighted by Crippen LogP contribution is 2.32. The van der Waals surface area contributed by atoms with E-state index in [1.165, 1.54) is 23.1 Å². The summed E-state index contributed by atoms with van der Waals surface area (Å²) < 4.78 is 0. The van der Waals surface area contributed by atoms with Crippen LogP contribution >= 0.6 is 23.1 Å². The number of carbonyl (C=O) groups excluding carboxylic acids is 2. The number of anilines is 1. The summed E-state index contributed by atoms with van der Waals surface area (Å²) in [6, 6.07) is 11.2. The predicted molar refractivity (Wildman–Crippen MR) is 151 cm³/mol. The fraction of sp³-hybridized carbons (Fsp3) is 0.259. The van der Waals surface area contributed by atoms with E-state index < -0.39 is 0 Å². The molecule has 4 aromatic rings. The number of rotatable bonds is 8. The molecule has 5 rings (SSSR count). The third-order valence-electron chi connectivity index (χ3n) is 6.27. The molecular weight excluding hydrogens is 518 g/mol. The highest BCUT2D eigenvalue weighted by molar-refractivity contribution is 7.99. The summed E-state index contributed by atoms with van der Waals surface area (Å²) in [5.41, 5.74) is 5.36. The summed E-state index contributed by atoms with van der Waals surface area (Å²) in [6.45, 7) is 5.01. The molecule has 1 N–H and O–H groups in total. The van der Waals surface area contributed by atoms with Crippen LogP contribution in [0.3, 0.4) is 0 Å². The molecule has 0 atom stereocenters. The summed E-state index contributed by atoms with van der Waals surface area (Å²) in [7, 11) is 1.72. The summed E-state index contributed by atoms with van der Waals surface area (Å²) in [5.74, 6) is 1.13. The molecule has 0 radical (unpaired) electrons. The predicted octanol–water partition coefficient (Wildman–Crippen LogP) is 4.56. The van der Waals surface area contributed by atoms with Crippen LogP contribution in [0.4, 0.5) is 5.82 Å². The normalized spacial score (nSPS) is 13.9. The van der Waals surface area contributed by atoms with Crippen LogP contribution in [-0.4, -0.2) is 62.5 Å². The van der Waals surface area contributed by atoms with Crippen molar-refractivity contribution in [3.63, 3.8) is 0 Å². The molecule has 0 spiro atoms. The quantitative estimate of drug-likeness (QED) is 0.195. The molecule has 3 aromatic heterocycles. The zero-order chi connectivity index (χ0) is 26.5. The second-order valence-electron chi connectivity index (χ2n) is 8.81. The Kier molecular flexibility index (Phi) is 7.94. The van der Waals surface area contributed by atoms with Crippen LogP contribution in [0.5, 0.6) is 0 Å². The molecule has 11 heteroatoms. The van der Waals surface area contributed by atoms with Crippen LogP contribution in [0.1, 0.15) is 44.6 Å². The standard InChI is InChI=1S/C27H27N7O2S2/c1-3-15-37-26-19(7-6-12-28-26)27(36)34-13-10-18(11-14-34)25-31-22(17-38-25)24(35)32-33(2)23-16-29-20-8-4-5-9-21(20)30-23/h3-9,12,16-18H,1,10-11,13-15H2,2H3,(H,32,35). The first kappa shape index (κ1) is 25.8. The minimum absolute atomic E-state index is 0.00199. The summed E-state index contributed by atoms with van der Waals surface area (Å²) >= 11 is 2.99. The number of nitrogens with one attached hydrogen (secondary N) is 1. The van der Waals surface area contributed by atoms with Gasteiger partial charge in [-0.15, -0.1) is 29.7 Å². The van der Waals surface area contributed by atoms with Gasteiger partial charge in [0.1, 0.15) is 10.7 Å². The summed E-state index contributed by atoms with van der Waals surface area (Å²) in [4.78, 5) is 45.9. The number of piperidine rings is 1. The van der Waals surface area contributed by atoms with E-state index in [1.807, 2.05) is 35.2 Å². The molecule has 1 aromatic carbocycles. The number of pyridine rings is 1. The van der Waals surface area contributed by atoms with E-state index in [4.69, 9.17) is 0 Å². The van der Waals surface area contributed by atoms with Gasteiger partial charge in [-0.1, -0.05) is 18.2 Å². The van der Waals surface area contributed by atoms with Crippen LogP contribution in [0, 0.1) is 0 Å². The Morgan fingerprint density at radius 1 is 1.16 bits per heavy atom. The van der Waals surface area contributed by atoms with E-state index in [0.717, 1.165) is 33.9 Å².